The van der Waals surface area contributed by atoms with E-state index in [1.165, 1.54) is 0 Å². The number of hydrogen-bond acceptors (Lipinski definition) is 4. The molecule has 114 valence electrons. The molecule has 5 nitrogen and oxygen atoms in total. The van der Waals surface area contributed by atoms with Gasteiger partial charge in [0.2, 0.25) is 0 Å². The first kappa shape index (κ1) is 20.6. The number of hydrogen-bond donors (Lipinski definition) is 1. The molecule has 0 aromatic rings. The van der Waals surface area contributed by atoms with Crippen molar-refractivity contribution in [2.75, 3.05) is 25.4 Å². The Morgan fingerprint density at radius 2 is 1.68 bits per heavy atom. The van der Waals surface area contributed by atoms with Gasteiger partial charge < -0.3 is 4.90 Å². The summed E-state index contributed by atoms with van der Waals surface area (Å²) < 4.78 is 27.6. The van der Waals surface area contributed by atoms with E-state index in [1.807, 2.05) is 0 Å². The van der Waals surface area contributed by atoms with Crippen molar-refractivity contribution >= 4 is 15.9 Å². The standard InChI is InChI=1S/C10H19NO.C3H8O3S/c1-5-11(6-2)8-7-10(12)9(3)4;1-2-3-7(4,5)6/h3,5-8H2,1-2,4H3;2-3H2,1H3,(H,4,5,6). The SMILES string of the molecule is C=C(C)C(=O)CCN(CC)CC.CCCS(=O)(=O)O. The van der Waals surface area contributed by atoms with Gasteiger partial charge >= 0.3 is 0 Å². The first-order valence-electron chi connectivity index (χ1n) is 6.54. The van der Waals surface area contributed by atoms with E-state index >= 15 is 0 Å². The molecule has 0 aromatic heterocycles. The number of carbonyl (C=O) groups excluding carboxylic acids is 1. The Balaban J connectivity index is 0. The predicted octanol–water partition coefficient (Wildman–Crippen LogP) is 2.15. The minimum absolute atomic E-state index is 0.132. The maximum atomic E-state index is 11.2. The van der Waals surface area contributed by atoms with Crippen LogP contribution in [-0.2, 0) is 14.9 Å². The van der Waals surface area contributed by atoms with Crippen LogP contribution in [0, 0.1) is 0 Å². The van der Waals surface area contributed by atoms with Crippen molar-refractivity contribution in [3.05, 3.63) is 12.2 Å². The first-order valence-corrected chi connectivity index (χ1v) is 8.14. The average molecular weight is 293 g/mol. The molecule has 0 amide bonds. The molecule has 0 radical (unpaired) electrons. The van der Waals surface area contributed by atoms with Crippen molar-refractivity contribution < 1.29 is 17.8 Å². The number of allylic oxidation sites excluding steroid dienone is 1. The monoisotopic (exact) mass is 293 g/mol. The zero-order valence-corrected chi connectivity index (χ0v) is 13.3. The summed E-state index contributed by atoms with van der Waals surface area (Å²) in [5.74, 6) is 0.0504. The molecule has 0 rings (SSSR count). The fourth-order valence-corrected chi connectivity index (χ4v) is 1.79. The topological polar surface area (TPSA) is 74.7 Å². The fourth-order valence-electron chi connectivity index (χ4n) is 1.27. The Kier molecular flexibility index (Phi) is 12.1. The molecule has 0 fully saturated rings. The molecular weight excluding hydrogens is 266 g/mol. The lowest BCUT2D eigenvalue weighted by molar-refractivity contribution is -0.115. The lowest BCUT2D eigenvalue weighted by Gasteiger charge is -2.16. The third-order valence-corrected chi connectivity index (χ3v) is 3.41. The average Bonchev–Trinajstić information content (AvgIpc) is 2.29. The minimum Gasteiger partial charge on any atom is -0.303 e. The van der Waals surface area contributed by atoms with Crippen LogP contribution in [0.1, 0.15) is 40.5 Å². The number of carbonyl (C=O) groups is 1. The van der Waals surface area contributed by atoms with Crippen molar-refractivity contribution in [1.82, 2.24) is 4.90 Å². The molecule has 0 bridgehead atoms. The molecule has 0 saturated carbocycles. The normalized spacial score (nSPS) is 10.8. The van der Waals surface area contributed by atoms with E-state index in [2.05, 4.69) is 25.3 Å². The van der Waals surface area contributed by atoms with Gasteiger partial charge in [0, 0.05) is 13.0 Å². The Hall–Kier alpha value is -0.720. The molecule has 0 atom stereocenters. The summed E-state index contributed by atoms with van der Waals surface area (Å²) in [6, 6.07) is 0. The fraction of sp³-hybridized carbons (Fsp3) is 0.769. The van der Waals surface area contributed by atoms with Crippen molar-refractivity contribution in [2.45, 2.75) is 40.5 Å². The van der Waals surface area contributed by atoms with Gasteiger partial charge in [0.15, 0.2) is 5.78 Å². The van der Waals surface area contributed by atoms with Crippen molar-refractivity contribution in [3.63, 3.8) is 0 Å². The highest BCUT2D eigenvalue weighted by Crippen LogP contribution is 1.97. The van der Waals surface area contributed by atoms with Crippen LogP contribution in [0.4, 0.5) is 0 Å². The zero-order chi connectivity index (χ0) is 15.5. The van der Waals surface area contributed by atoms with Crippen LogP contribution in [-0.4, -0.2) is 49.0 Å². The summed E-state index contributed by atoms with van der Waals surface area (Å²) >= 11 is 0. The Labute approximate surface area is 117 Å². The van der Waals surface area contributed by atoms with E-state index in [4.69, 9.17) is 4.55 Å². The second kappa shape index (κ2) is 11.1. The second-order valence-corrected chi connectivity index (χ2v) is 5.84. The molecule has 0 unspecified atom stereocenters. The van der Waals surface area contributed by atoms with Gasteiger partial charge in [-0.1, -0.05) is 27.4 Å². The highest BCUT2D eigenvalue weighted by Gasteiger charge is 2.04. The van der Waals surface area contributed by atoms with E-state index < -0.39 is 10.1 Å². The third kappa shape index (κ3) is 15.2. The third-order valence-electron chi connectivity index (χ3n) is 2.49. The van der Waals surface area contributed by atoms with E-state index in [-0.39, 0.29) is 11.5 Å². The molecule has 0 aromatic carbocycles. The van der Waals surface area contributed by atoms with Gasteiger partial charge in [0.1, 0.15) is 0 Å². The number of Topliss-reactive ketones (excluding diaryl/α,β-unsaturated/α-hetero) is 1. The highest BCUT2D eigenvalue weighted by molar-refractivity contribution is 7.85. The summed E-state index contributed by atoms with van der Waals surface area (Å²) in [5.41, 5.74) is 0.669. The van der Waals surface area contributed by atoms with Gasteiger partial charge in [-0.15, -0.1) is 0 Å². The van der Waals surface area contributed by atoms with Crippen LogP contribution in [0.15, 0.2) is 12.2 Å². The Morgan fingerprint density at radius 3 is 1.89 bits per heavy atom. The van der Waals surface area contributed by atoms with Crippen molar-refractivity contribution in [2.24, 2.45) is 0 Å². The van der Waals surface area contributed by atoms with Crippen LogP contribution in [0.2, 0.25) is 0 Å². The van der Waals surface area contributed by atoms with Crippen LogP contribution < -0.4 is 0 Å². The summed E-state index contributed by atoms with van der Waals surface area (Å²) in [5, 5.41) is 0. The molecule has 0 aliphatic rings. The molecule has 6 heteroatoms. The van der Waals surface area contributed by atoms with Gasteiger partial charge in [-0.05, 0) is 32.0 Å². The molecular formula is C13H27NO4S. The van der Waals surface area contributed by atoms with E-state index in [0.29, 0.717) is 18.4 Å². The smallest absolute Gasteiger partial charge is 0.264 e. The van der Waals surface area contributed by atoms with E-state index in [9.17, 15) is 13.2 Å². The quantitative estimate of drug-likeness (QED) is 0.548. The molecule has 0 aliphatic heterocycles. The molecule has 0 saturated heterocycles. The molecule has 0 heterocycles. The van der Waals surface area contributed by atoms with E-state index in [1.54, 1.807) is 13.8 Å². The number of rotatable bonds is 8. The van der Waals surface area contributed by atoms with Crippen LogP contribution >= 0.6 is 0 Å². The van der Waals surface area contributed by atoms with Crippen molar-refractivity contribution in [3.8, 4) is 0 Å². The first-order chi connectivity index (χ1) is 8.67. The molecule has 0 aliphatic carbocycles. The van der Waals surface area contributed by atoms with Crippen LogP contribution in [0.5, 0.6) is 0 Å². The van der Waals surface area contributed by atoms with Crippen molar-refractivity contribution in [1.29, 1.82) is 0 Å². The Morgan fingerprint density at radius 1 is 1.21 bits per heavy atom. The van der Waals surface area contributed by atoms with Gasteiger partial charge in [-0.2, -0.15) is 8.42 Å². The van der Waals surface area contributed by atoms with E-state index in [0.717, 1.165) is 19.6 Å². The van der Waals surface area contributed by atoms with Gasteiger partial charge in [-0.25, -0.2) is 0 Å². The molecule has 1 N–H and O–H groups in total. The van der Waals surface area contributed by atoms with Crippen LogP contribution in [0.3, 0.4) is 0 Å². The lowest BCUT2D eigenvalue weighted by Crippen LogP contribution is -2.25. The maximum absolute atomic E-state index is 11.2. The highest BCUT2D eigenvalue weighted by atomic mass is 32.2. The van der Waals surface area contributed by atoms with Gasteiger partial charge in [0.25, 0.3) is 10.1 Å². The minimum atomic E-state index is -3.67. The summed E-state index contributed by atoms with van der Waals surface area (Å²) in [4.78, 5) is 13.4. The lowest BCUT2D eigenvalue weighted by atomic mass is 10.1. The van der Waals surface area contributed by atoms with Gasteiger partial charge in [-0.3, -0.25) is 9.35 Å². The largest absolute Gasteiger partial charge is 0.303 e. The maximum Gasteiger partial charge on any atom is 0.264 e. The molecule has 19 heavy (non-hydrogen) atoms. The Bertz CT molecular complexity index is 359. The summed E-state index contributed by atoms with van der Waals surface area (Å²) in [7, 11) is -3.67. The number of ketones is 1. The summed E-state index contributed by atoms with van der Waals surface area (Å²) in [6.45, 7) is 14.2. The second-order valence-electron chi connectivity index (χ2n) is 4.27. The van der Waals surface area contributed by atoms with Crippen LogP contribution in [0.25, 0.3) is 0 Å². The summed E-state index contributed by atoms with van der Waals surface area (Å²) in [6.07, 6.45) is 1.08. The van der Waals surface area contributed by atoms with Gasteiger partial charge in [0.05, 0.1) is 5.75 Å². The predicted molar refractivity (Wildman–Crippen MR) is 78.9 cm³/mol. The number of nitrogens with zero attached hydrogens (tertiary/aromatic N) is 1. The zero-order valence-electron chi connectivity index (χ0n) is 12.5. The molecule has 0 spiro atoms.